The number of nitrogens with one attached hydrogen (secondary N) is 2. The number of carbonyl (C=O) groups excluding carboxylic acids is 2. The molecule has 4 rings (SSSR count). The van der Waals surface area contributed by atoms with Gasteiger partial charge in [-0.05, 0) is 68.4 Å². The number of sulfonamides is 1. The zero-order valence-corrected chi connectivity index (χ0v) is 25.4. The lowest BCUT2D eigenvalue weighted by atomic mass is 10.0. The molecule has 0 aromatic heterocycles. The van der Waals surface area contributed by atoms with Crippen LogP contribution in [0.2, 0.25) is 0 Å². The van der Waals surface area contributed by atoms with Crippen LogP contribution in [0.25, 0.3) is 0 Å². The largest absolute Gasteiger partial charge is 0.488 e. The molecular formula is C31H37FN4O6S. The van der Waals surface area contributed by atoms with Crippen LogP contribution in [-0.2, 0) is 21.2 Å². The van der Waals surface area contributed by atoms with Gasteiger partial charge in [0.2, 0.25) is 5.91 Å². The number of rotatable bonds is 8. The third-order valence-electron chi connectivity index (χ3n) is 7.40. The Labute approximate surface area is 251 Å². The van der Waals surface area contributed by atoms with Crippen molar-refractivity contribution in [2.24, 2.45) is 5.92 Å². The van der Waals surface area contributed by atoms with E-state index in [1.807, 2.05) is 13.8 Å². The highest BCUT2D eigenvalue weighted by molar-refractivity contribution is 7.92. The zero-order chi connectivity index (χ0) is 31.3. The third kappa shape index (κ3) is 8.02. The Balaban J connectivity index is 1.61. The molecule has 0 fully saturated rings. The van der Waals surface area contributed by atoms with E-state index >= 15 is 0 Å². The van der Waals surface area contributed by atoms with E-state index in [1.165, 1.54) is 41.3 Å². The highest BCUT2D eigenvalue weighted by atomic mass is 32.2. The molecule has 3 N–H and O–H groups in total. The Hall–Kier alpha value is -4.16. The summed E-state index contributed by atoms with van der Waals surface area (Å²) in [4.78, 5) is 29.5. The van der Waals surface area contributed by atoms with Crippen LogP contribution in [0.3, 0.4) is 0 Å². The maximum atomic E-state index is 13.5. The lowest BCUT2D eigenvalue weighted by Crippen LogP contribution is -2.48. The van der Waals surface area contributed by atoms with E-state index in [0.717, 1.165) is 5.56 Å². The number of fused-ring (bicyclic) bond motifs is 1. The fraction of sp³-hybridized carbons (Fsp3) is 0.355. The second-order valence-corrected chi connectivity index (χ2v) is 12.6. The lowest BCUT2D eigenvalue weighted by Gasteiger charge is -2.34. The van der Waals surface area contributed by atoms with Crippen LogP contribution < -0.4 is 14.8 Å². The van der Waals surface area contributed by atoms with Gasteiger partial charge in [-0.3, -0.25) is 9.52 Å². The van der Waals surface area contributed by atoms with Crippen LogP contribution in [-0.4, -0.2) is 74.2 Å². The molecule has 3 amide bonds. The molecule has 10 nitrogen and oxygen atoms in total. The van der Waals surface area contributed by atoms with Crippen LogP contribution >= 0.6 is 0 Å². The molecule has 0 aliphatic carbocycles. The molecule has 0 saturated heterocycles. The van der Waals surface area contributed by atoms with Crippen molar-refractivity contribution >= 4 is 33.3 Å². The van der Waals surface area contributed by atoms with Crippen LogP contribution in [0.5, 0.6) is 5.75 Å². The maximum Gasteiger partial charge on any atom is 0.321 e. The highest BCUT2D eigenvalue weighted by Crippen LogP contribution is 2.30. The second kappa shape index (κ2) is 13.4. The fourth-order valence-corrected chi connectivity index (χ4v) is 5.80. The number of aliphatic hydroxyl groups excluding tert-OH is 1. The number of ether oxygens (including phenoxy) is 1. The predicted octanol–water partition coefficient (Wildman–Crippen LogP) is 4.25. The first-order chi connectivity index (χ1) is 20.4. The third-order valence-corrected chi connectivity index (χ3v) is 8.79. The number of hydrogen-bond acceptors (Lipinski definition) is 6. The molecule has 3 aromatic rings. The predicted molar refractivity (Wildman–Crippen MR) is 162 cm³/mol. The Morgan fingerprint density at radius 3 is 2.42 bits per heavy atom. The molecule has 12 heteroatoms. The van der Waals surface area contributed by atoms with Gasteiger partial charge >= 0.3 is 6.03 Å². The summed E-state index contributed by atoms with van der Waals surface area (Å²) in [5.41, 5.74) is 2.08. The van der Waals surface area contributed by atoms with Crippen molar-refractivity contribution in [2.75, 3.05) is 36.8 Å². The fourth-order valence-electron chi connectivity index (χ4n) is 4.75. The average molecular weight is 613 g/mol. The smallest absolute Gasteiger partial charge is 0.321 e. The Kier molecular flexibility index (Phi) is 9.92. The first-order valence-corrected chi connectivity index (χ1v) is 15.4. The van der Waals surface area contributed by atoms with Crippen LogP contribution in [0.1, 0.15) is 25.0 Å². The number of anilines is 2. The van der Waals surface area contributed by atoms with Gasteiger partial charge in [0.25, 0.3) is 10.0 Å². The van der Waals surface area contributed by atoms with Crippen molar-refractivity contribution in [2.45, 2.75) is 44.2 Å². The molecule has 3 atom stereocenters. The Morgan fingerprint density at radius 2 is 1.77 bits per heavy atom. The first kappa shape index (κ1) is 31.8. The molecule has 1 aliphatic heterocycles. The molecule has 43 heavy (non-hydrogen) atoms. The van der Waals surface area contributed by atoms with Crippen molar-refractivity contribution in [3.8, 4) is 5.75 Å². The van der Waals surface area contributed by atoms with Gasteiger partial charge in [-0.15, -0.1) is 0 Å². The van der Waals surface area contributed by atoms with E-state index in [2.05, 4.69) is 10.0 Å². The number of nitrogens with zero attached hydrogens (tertiary/aromatic N) is 2. The molecular weight excluding hydrogens is 575 g/mol. The van der Waals surface area contributed by atoms with Gasteiger partial charge in [-0.2, -0.15) is 0 Å². The molecule has 3 aromatic carbocycles. The molecule has 0 spiro atoms. The van der Waals surface area contributed by atoms with Crippen molar-refractivity contribution in [3.05, 3.63) is 83.7 Å². The van der Waals surface area contributed by atoms with Crippen molar-refractivity contribution in [1.29, 1.82) is 0 Å². The summed E-state index contributed by atoms with van der Waals surface area (Å²) in [6.07, 6.45) is -0.655. The number of aliphatic hydroxyl groups is 1. The second-order valence-electron chi connectivity index (χ2n) is 10.9. The van der Waals surface area contributed by atoms with Crippen molar-refractivity contribution < 1.29 is 32.2 Å². The van der Waals surface area contributed by atoms with Gasteiger partial charge in [0.15, 0.2) is 0 Å². The van der Waals surface area contributed by atoms with Crippen LogP contribution in [0.15, 0.2) is 71.6 Å². The SMILES string of the molecule is Cc1ccc(S(=O)(=O)Nc2ccc3c(c2)CC(=O)N([C@H](C)CO)C[C@@H](C)[C@H](CN(C)C(=O)Nc2ccc(F)cc2)O3)cc1. The van der Waals surface area contributed by atoms with Gasteiger partial charge in [-0.25, -0.2) is 17.6 Å². The average Bonchev–Trinajstić information content (AvgIpc) is 3.01. The van der Waals surface area contributed by atoms with Gasteiger partial charge in [0, 0.05) is 36.4 Å². The molecule has 0 bridgehead atoms. The monoisotopic (exact) mass is 612 g/mol. The van der Waals surface area contributed by atoms with Crippen LogP contribution in [0.4, 0.5) is 20.6 Å². The van der Waals surface area contributed by atoms with Gasteiger partial charge in [0.05, 0.1) is 30.5 Å². The normalized spacial score (nSPS) is 17.9. The molecule has 230 valence electrons. The number of hydrogen-bond donors (Lipinski definition) is 3. The van der Waals surface area contributed by atoms with Crippen molar-refractivity contribution in [3.63, 3.8) is 0 Å². The van der Waals surface area contributed by atoms with Crippen molar-refractivity contribution in [1.82, 2.24) is 9.80 Å². The molecule has 1 heterocycles. The number of urea groups is 1. The maximum absolute atomic E-state index is 13.5. The van der Waals surface area contributed by atoms with Gasteiger partial charge in [-0.1, -0.05) is 24.6 Å². The minimum atomic E-state index is -3.89. The number of likely N-dealkylation sites (N-methyl/N-ethyl adjacent to an activating group) is 1. The van der Waals surface area contributed by atoms with Gasteiger partial charge < -0.3 is 25.0 Å². The summed E-state index contributed by atoms with van der Waals surface area (Å²) in [6.45, 7) is 5.67. The number of carbonyl (C=O) groups is 2. The van der Waals surface area contributed by atoms with E-state index in [9.17, 15) is 27.5 Å². The Morgan fingerprint density at radius 1 is 1.12 bits per heavy atom. The molecule has 0 radical (unpaired) electrons. The summed E-state index contributed by atoms with van der Waals surface area (Å²) in [5.74, 6) is -0.543. The van der Waals surface area contributed by atoms with Crippen LogP contribution in [0, 0.1) is 18.7 Å². The summed E-state index contributed by atoms with van der Waals surface area (Å²) < 4.78 is 48.3. The topological polar surface area (TPSA) is 128 Å². The molecule has 0 unspecified atom stereocenters. The van der Waals surface area contributed by atoms with E-state index in [4.69, 9.17) is 4.74 Å². The number of amides is 3. The quantitative estimate of drug-likeness (QED) is 0.349. The van der Waals surface area contributed by atoms with E-state index in [0.29, 0.717) is 17.0 Å². The number of benzene rings is 3. The summed E-state index contributed by atoms with van der Waals surface area (Å²) in [6, 6.07) is 15.7. The molecule has 0 saturated carbocycles. The number of aryl methyl sites for hydroxylation is 1. The van der Waals surface area contributed by atoms with Gasteiger partial charge in [0.1, 0.15) is 17.7 Å². The van der Waals surface area contributed by atoms with E-state index in [-0.39, 0.29) is 48.5 Å². The number of halogens is 1. The lowest BCUT2D eigenvalue weighted by molar-refractivity contribution is -0.134. The minimum Gasteiger partial charge on any atom is -0.488 e. The summed E-state index contributed by atoms with van der Waals surface area (Å²) in [7, 11) is -2.28. The zero-order valence-electron chi connectivity index (χ0n) is 24.6. The van der Waals surface area contributed by atoms with E-state index in [1.54, 1.807) is 49.2 Å². The standard InChI is InChI=1S/C31H37FN4O6S/c1-20-5-12-27(13-6-20)43(40,41)34-26-11-14-28-23(15-26)16-30(38)36(22(3)19-37)17-21(2)29(42-28)18-35(4)31(39)33-25-9-7-24(32)8-10-25/h5-15,21-22,29,34,37H,16-19H2,1-4H3,(H,33,39)/t21-,22-,29+/m1/s1. The summed E-state index contributed by atoms with van der Waals surface area (Å²) >= 11 is 0. The highest BCUT2D eigenvalue weighted by Gasteiger charge is 2.32. The Bertz CT molecular complexity index is 1550. The minimum absolute atomic E-state index is 0.0832. The summed E-state index contributed by atoms with van der Waals surface area (Å²) in [5, 5.41) is 12.6. The first-order valence-electron chi connectivity index (χ1n) is 13.9. The molecule has 1 aliphatic rings. The van der Waals surface area contributed by atoms with E-state index < -0.39 is 34.0 Å².